The Bertz CT molecular complexity index is 940. The Labute approximate surface area is 142 Å². The van der Waals surface area contributed by atoms with E-state index in [0.717, 1.165) is 26.3 Å². The zero-order valence-electron chi connectivity index (χ0n) is 11.2. The van der Waals surface area contributed by atoms with Crippen LogP contribution < -0.4 is 4.94 Å². The zero-order chi connectivity index (χ0) is 15.3. The van der Waals surface area contributed by atoms with E-state index in [1.54, 1.807) is 17.8 Å². The van der Waals surface area contributed by atoms with E-state index in [2.05, 4.69) is 15.9 Å². The van der Waals surface area contributed by atoms with Crippen LogP contribution in [0, 0.1) is 0 Å². The fourth-order valence-electron chi connectivity index (χ4n) is 2.61. The molecule has 0 saturated heterocycles. The van der Waals surface area contributed by atoms with Crippen molar-refractivity contribution in [3.05, 3.63) is 61.7 Å². The van der Waals surface area contributed by atoms with Gasteiger partial charge >= 0.3 is 4.94 Å². The molecule has 22 heavy (non-hydrogen) atoms. The van der Waals surface area contributed by atoms with E-state index in [-0.39, 0.29) is 16.0 Å². The second-order valence-corrected chi connectivity index (χ2v) is 8.11. The molecule has 1 unspecified atom stereocenters. The Balaban J connectivity index is 1.80. The van der Waals surface area contributed by atoms with Gasteiger partial charge < -0.3 is 4.42 Å². The van der Waals surface area contributed by atoms with Gasteiger partial charge in [0, 0.05) is 21.0 Å². The lowest BCUT2D eigenvalue weighted by Gasteiger charge is -2.23. The first-order valence-corrected chi connectivity index (χ1v) is 9.13. The average Bonchev–Trinajstić information content (AvgIpc) is 2.87. The normalized spacial score (nSPS) is 17.7. The van der Waals surface area contributed by atoms with Crippen molar-refractivity contribution >= 4 is 55.1 Å². The Morgan fingerprint density at radius 1 is 1.09 bits per heavy atom. The summed E-state index contributed by atoms with van der Waals surface area (Å²) in [5.74, 6) is 0.0734. The van der Waals surface area contributed by atoms with E-state index in [4.69, 9.17) is 4.42 Å². The van der Waals surface area contributed by atoms with Gasteiger partial charge in [-0.3, -0.25) is 4.79 Å². The first-order chi connectivity index (χ1) is 10.6. The lowest BCUT2D eigenvalue weighted by atomic mass is 10.0. The van der Waals surface area contributed by atoms with Gasteiger partial charge in [0.1, 0.15) is 5.58 Å². The van der Waals surface area contributed by atoms with Gasteiger partial charge in [0.25, 0.3) is 0 Å². The summed E-state index contributed by atoms with van der Waals surface area (Å²) in [6.07, 6.45) is 0.435. The molecule has 2 heterocycles. The van der Waals surface area contributed by atoms with Crippen molar-refractivity contribution < 1.29 is 9.21 Å². The minimum Gasteiger partial charge on any atom is -0.414 e. The third-order valence-corrected chi connectivity index (χ3v) is 6.33. The topological polar surface area (TPSA) is 47.3 Å². The number of carbonyl (C=O) groups excluding carboxylic acids is 1. The van der Waals surface area contributed by atoms with Crippen molar-refractivity contribution in [3.8, 4) is 0 Å². The molecule has 4 rings (SSSR count). The van der Waals surface area contributed by atoms with Gasteiger partial charge in [-0.25, -0.2) is 4.79 Å². The highest BCUT2D eigenvalue weighted by Gasteiger charge is 2.29. The van der Waals surface area contributed by atoms with Crippen LogP contribution in [0.1, 0.15) is 27.6 Å². The molecular formula is C16H9BrO3S2. The second kappa shape index (κ2) is 5.37. The number of Topliss-reactive ketones (excluding diaryl/α,β-unsaturated/α-hetero) is 1. The molecule has 0 radical (unpaired) electrons. The Kier molecular flexibility index (Phi) is 3.47. The first kappa shape index (κ1) is 14.2. The van der Waals surface area contributed by atoms with Crippen LogP contribution in [0.3, 0.4) is 0 Å². The highest BCUT2D eigenvalue weighted by molar-refractivity contribution is 9.10. The Hall–Kier alpha value is -1.37. The summed E-state index contributed by atoms with van der Waals surface area (Å²) < 4.78 is 6.80. The summed E-state index contributed by atoms with van der Waals surface area (Å²) in [5.41, 5.74) is 2.28. The third-order valence-electron chi connectivity index (χ3n) is 3.62. The quantitative estimate of drug-likeness (QED) is 0.581. The summed E-state index contributed by atoms with van der Waals surface area (Å²) in [6, 6.07) is 11.7. The summed E-state index contributed by atoms with van der Waals surface area (Å²) in [5, 5.41) is 0.106. The molecule has 3 aromatic rings. The number of carbonyl (C=O) groups is 1. The molecule has 1 aliphatic heterocycles. The summed E-state index contributed by atoms with van der Waals surface area (Å²) in [4.78, 5) is 24.6. The van der Waals surface area contributed by atoms with Crippen molar-refractivity contribution in [1.82, 2.24) is 0 Å². The molecule has 3 nitrogen and oxygen atoms in total. The summed E-state index contributed by atoms with van der Waals surface area (Å²) in [6.45, 7) is 0. The lowest BCUT2D eigenvalue weighted by molar-refractivity contribution is 0.0978. The molecular weight excluding hydrogens is 384 g/mol. The van der Waals surface area contributed by atoms with Crippen molar-refractivity contribution in [1.29, 1.82) is 0 Å². The van der Waals surface area contributed by atoms with Crippen molar-refractivity contribution in [2.75, 3.05) is 0 Å². The van der Waals surface area contributed by atoms with Gasteiger partial charge in [-0.2, -0.15) is 0 Å². The minimum atomic E-state index is -0.365. The molecule has 0 bridgehead atoms. The SMILES string of the molecule is O=C1CC(c2ccc(Br)cc2)Sc2ccc3oc(=O)sc3c21. The largest absolute Gasteiger partial charge is 0.414 e. The lowest BCUT2D eigenvalue weighted by Crippen LogP contribution is -2.12. The standard InChI is InChI=1S/C16H9BrO3S2/c17-9-3-1-8(2-4-9)13-7-10(18)14-12(21-13)6-5-11-15(14)22-16(19)20-11/h1-6,13H,7H2. The molecule has 1 aromatic heterocycles. The molecule has 0 fully saturated rings. The van der Waals surface area contributed by atoms with Crippen LogP contribution in [0.5, 0.6) is 0 Å². The highest BCUT2D eigenvalue weighted by atomic mass is 79.9. The predicted octanol–water partition coefficient (Wildman–Crippen LogP) is 5.04. The number of rotatable bonds is 1. The van der Waals surface area contributed by atoms with E-state index in [0.29, 0.717) is 22.3 Å². The number of fused-ring (bicyclic) bond motifs is 3. The maximum Gasteiger partial charge on any atom is 0.396 e. The van der Waals surface area contributed by atoms with Gasteiger partial charge in [0.15, 0.2) is 5.78 Å². The number of ketones is 1. The van der Waals surface area contributed by atoms with Gasteiger partial charge in [-0.05, 0) is 29.8 Å². The van der Waals surface area contributed by atoms with Crippen LogP contribution in [0.25, 0.3) is 10.3 Å². The molecule has 1 atom stereocenters. The maximum atomic E-state index is 12.6. The van der Waals surface area contributed by atoms with Crippen LogP contribution in [0.2, 0.25) is 0 Å². The molecule has 1 aliphatic rings. The number of hydrogen-bond donors (Lipinski definition) is 0. The molecule has 0 aliphatic carbocycles. The van der Waals surface area contributed by atoms with Crippen LogP contribution >= 0.6 is 39.0 Å². The van der Waals surface area contributed by atoms with Crippen LogP contribution in [-0.2, 0) is 0 Å². The van der Waals surface area contributed by atoms with Gasteiger partial charge in [0.05, 0.1) is 10.3 Å². The molecule has 2 aromatic carbocycles. The monoisotopic (exact) mass is 392 g/mol. The fraction of sp³-hybridized carbons (Fsp3) is 0.125. The second-order valence-electron chi connectivity index (χ2n) is 5.01. The van der Waals surface area contributed by atoms with Gasteiger partial charge in [-0.15, -0.1) is 11.8 Å². The number of thioether (sulfide) groups is 1. The number of halogens is 1. The van der Waals surface area contributed by atoms with Crippen molar-refractivity contribution in [2.24, 2.45) is 0 Å². The van der Waals surface area contributed by atoms with E-state index in [1.807, 2.05) is 30.3 Å². The fourth-order valence-corrected chi connectivity index (χ4v) is 5.09. The van der Waals surface area contributed by atoms with Gasteiger partial charge in [-0.1, -0.05) is 39.4 Å². The van der Waals surface area contributed by atoms with Crippen molar-refractivity contribution in [3.63, 3.8) is 0 Å². The average molecular weight is 393 g/mol. The highest BCUT2D eigenvalue weighted by Crippen LogP contribution is 2.47. The van der Waals surface area contributed by atoms with Crippen LogP contribution in [-0.4, -0.2) is 5.78 Å². The molecule has 0 N–H and O–H groups in total. The summed E-state index contributed by atoms with van der Waals surface area (Å²) in [7, 11) is 0. The first-order valence-electron chi connectivity index (χ1n) is 6.64. The predicted molar refractivity (Wildman–Crippen MR) is 92.0 cm³/mol. The smallest absolute Gasteiger partial charge is 0.396 e. The van der Waals surface area contributed by atoms with E-state index >= 15 is 0 Å². The van der Waals surface area contributed by atoms with Crippen LogP contribution in [0.4, 0.5) is 0 Å². The van der Waals surface area contributed by atoms with Gasteiger partial charge in [0.2, 0.25) is 0 Å². The maximum absolute atomic E-state index is 12.6. The molecule has 0 amide bonds. The number of benzene rings is 2. The molecule has 0 spiro atoms. The molecule has 6 heteroatoms. The molecule has 110 valence electrons. The minimum absolute atomic E-state index is 0.0734. The van der Waals surface area contributed by atoms with E-state index in [1.165, 1.54) is 0 Å². The van der Waals surface area contributed by atoms with Crippen LogP contribution in [0.15, 0.2) is 55.0 Å². The third kappa shape index (κ3) is 2.35. The molecule has 0 saturated carbocycles. The van der Waals surface area contributed by atoms with E-state index in [9.17, 15) is 9.59 Å². The summed E-state index contributed by atoms with van der Waals surface area (Å²) >= 11 is 6.10. The van der Waals surface area contributed by atoms with Crippen molar-refractivity contribution in [2.45, 2.75) is 16.6 Å². The zero-order valence-corrected chi connectivity index (χ0v) is 14.4. The van der Waals surface area contributed by atoms with E-state index < -0.39 is 0 Å². The Morgan fingerprint density at radius 2 is 1.86 bits per heavy atom. The number of hydrogen-bond acceptors (Lipinski definition) is 5. The Morgan fingerprint density at radius 3 is 2.64 bits per heavy atom.